The lowest BCUT2D eigenvalue weighted by Crippen LogP contribution is -2.53. The van der Waals surface area contributed by atoms with E-state index in [0.29, 0.717) is 21.7 Å². The first-order valence-corrected chi connectivity index (χ1v) is 7.66. The minimum atomic E-state index is 0.406. The predicted molar refractivity (Wildman–Crippen MR) is 80.6 cm³/mol. The second kappa shape index (κ2) is 3.64. The number of hydrogen-bond donors (Lipinski definition) is 0. The lowest BCUT2D eigenvalue weighted by Gasteiger charge is -2.63. The van der Waals surface area contributed by atoms with Crippen LogP contribution in [0.4, 0.5) is 0 Å². The zero-order valence-electron chi connectivity index (χ0n) is 13.8. The molecule has 0 heterocycles. The van der Waals surface area contributed by atoms with Crippen LogP contribution in [0.1, 0.15) is 81.1 Å². The van der Waals surface area contributed by atoms with E-state index >= 15 is 0 Å². The molecule has 0 N–H and O–H groups in total. The Bertz CT molecular complexity index is 335. The second-order valence-electron chi connectivity index (χ2n) is 8.91. The third-order valence-corrected chi connectivity index (χ3v) is 6.83. The molecule has 0 aliphatic heterocycles. The van der Waals surface area contributed by atoms with Crippen LogP contribution in [0, 0.1) is 21.7 Å². The van der Waals surface area contributed by atoms with Crippen LogP contribution >= 0.6 is 0 Å². The lowest BCUT2D eigenvalue weighted by atomic mass is 9.41. The van der Waals surface area contributed by atoms with Gasteiger partial charge in [0.2, 0.25) is 0 Å². The molecule has 0 spiro atoms. The average molecular weight is 248 g/mol. The maximum absolute atomic E-state index is 2.44. The van der Waals surface area contributed by atoms with E-state index in [4.69, 9.17) is 0 Å². The Morgan fingerprint density at radius 1 is 0.611 bits per heavy atom. The molecular formula is C18H32. The lowest BCUT2D eigenvalue weighted by molar-refractivity contribution is -0.0398. The van der Waals surface area contributed by atoms with E-state index in [2.05, 4.69) is 55.4 Å². The summed E-state index contributed by atoms with van der Waals surface area (Å²) in [6.07, 6.45) is 5.60. The van der Waals surface area contributed by atoms with Gasteiger partial charge in [-0.05, 0) is 61.2 Å². The molecule has 18 heavy (non-hydrogen) atoms. The molecule has 2 bridgehead atoms. The van der Waals surface area contributed by atoms with Crippen molar-refractivity contribution in [3.8, 4) is 0 Å². The van der Waals surface area contributed by atoms with Gasteiger partial charge in [0.15, 0.2) is 0 Å². The first-order valence-electron chi connectivity index (χ1n) is 7.66. The quantitative estimate of drug-likeness (QED) is 0.463. The van der Waals surface area contributed by atoms with E-state index in [1.807, 2.05) is 0 Å². The van der Waals surface area contributed by atoms with Crippen molar-refractivity contribution in [1.82, 2.24) is 0 Å². The third-order valence-electron chi connectivity index (χ3n) is 6.83. The molecule has 0 atom stereocenters. The van der Waals surface area contributed by atoms with Gasteiger partial charge in [0.25, 0.3) is 0 Å². The molecule has 0 aromatic carbocycles. The molecule has 0 amide bonds. The molecule has 1 saturated carbocycles. The van der Waals surface area contributed by atoms with Crippen molar-refractivity contribution in [2.24, 2.45) is 21.7 Å². The van der Waals surface area contributed by atoms with Gasteiger partial charge in [-0.1, -0.05) is 52.7 Å². The normalized spacial score (nSPS) is 37.3. The fourth-order valence-corrected chi connectivity index (χ4v) is 5.20. The molecule has 0 heteroatoms. The van der Waals surface area contributed by atoms with Gasteiger partial charge in [-0.15, -0.1) is 0 Å². The Morgan fingerprint density at radius 3 is 1.00 bits per heavy atom. The van der Waals surface area contributed by atoms with E-state index in [9.17, 15) is 0 Å². The monoisotopic (exact) mass is 248 g/mol. The van der Waals surface area contributed by atoms with Crippen molar-refractivity contribution >= 4 is 0 Å². The molecular weight excluding hydrogens is 216 g/mol. The van der Waals surface area contributed by atoms with Gasteiger partial charge in [0.05, 0.1) is 0 Å². The van der Waals surface area contributed by atoms with Crippen molar-refractivity contribution in [3.05, 3.63) is 11.1 Å². The van der Waals surface area contributed by atoms with E-state index in [-0.39, 0.29) is 0 Å². The minimum Gasteiger partial charge on any atom is -0.0671 e. The van der Waals surface area contributed by atoms with E-state index in [1.54, 1.807) is 11.1 Å². The highest BCUT2D eigenvalue weighted by Crippen LogP contribution is 2.69. The molecule has 0 aromatic heterocycles. The van der Waals surface area contributed by atoms with E-state index in [0.717, 1.165) is 0 Å². The maximum Gasteiger partial charge on any atom is -0.00389 e. The Kier molecular flexibility index (Phi) is 2.87. The van der Waals surface area contributed by atoms with Crippen LogP contribution in [0.5, 0.6) is 0 Å². The molecule has 104 valence electrons. The van der Waals surface area contributed by atoms with Crippen LogP contribution in [0.3, 0.4) is 0 Å². The number of rotatable bonds is 0. The summed E-state index contributed by atoms with van der Waals surface area (Å²) in [6.45, 7) is 19.5. The molecule has 0 nitrogen and oxygen atoms in total. The smallest absolute Gasteiger partial charge is 0.00389 e. The Balaban J connectivity index is 2.59. The zero-order chi connectivity index (χ0) is 14.0. The van der Waals surface area contributed by atoms with Crippen LogP contribution in [0.25, 0.3) is 0 Å². The SMILES string of the molecule is CC1=C(C)C2(C(C)(C)C)CCC1(C(C)(C)C)CC2. The molecule has 3 aliphatic rings. The minimum absolute atomic E-state index is 0.406. The fraction of sp³-hybridized carbons (Fsp3) is 0.889. The summed E-state index contributed by atoms with van der Waals surface area (Å²) < 4.78 is 0. The van der Waals surface area contributed by atoms with E-state index in [1.165, 1.54) is 25.7 Å². The first-order chi connectivity index (χ1) is 7.98. The summed E-state index contributed by atoms with van der Waals surface area (Å²) in [5, 5.41) is 0. The Labute approximate surface area is 114 Å². The van der Waals surface area contributed by atoms with Crippen LogP contribution < -0.4 is 0 Å². The number of allylic oxidation sites excluding steroid dienone is 2. The molecule has 1 fully saturated rings. The van der Waals surface area contributed by atoms with Crippen LogP contribution in [0.15, 0.2) is 11.1 Å². The number of hydrogen-bond acceptors (Lipinski definition) is 0. The molecule has 3 aliphatic carbocycles. The summed E-state index contributed by atoms with van der Waals surface area (Å²) >= 11 is 0. The highest BCUT2D eigenvalue weighted by atomic mass is 14.6. The van der Waals surface area contributed by atoms with Crippen LogP contribution in [0.2, 0.25) is 0 Å². The largest absolute Gasteiger partial charge is 0.0671 e. The summed E-state index contributed by atoms with van der Waals surface area (Å²) in [7, 11) is 0. The summed E-state index contributed by atoms with van der Waals surface area (Å²) in [5.41, 5.74) is 5.21. The van der Waals surface area contributed by atoms with Crippen LogP contribution in [-0.4, -0.2) is 0 Å². The van der Waals surface area contributed by atoms with Crippen LogP contribution in [-0.2, 0) is 0 Å². The number of fused-ring (bicyclic) bond motifs is 2. The third kappa shape index (κ3) is 1.50. The topological polar surface area (TPSA) is 0 Å². The van der Waals surface area contributed by atoms with Crippen molar-refractivity contribution in [2.75, 3.05) is 0 Å². The molecule has 3 rings (SSSR count). The first kappa shape index (κ1) is 14.2. The summed E-state index contributed by atoms with van der Waals surface area (Å²) in [4.78, 5) is 0. The van der Waals surface area contributed by atoms with Gasteiger partial charge in [-0.3, -0.25) is 0 Å². The van der Waals surface area contributed by atoms with Gasteiger partial charge in [-0.2, -0.15) is 0 Å². The van der Waals surface area contributed by atoms with E-state index < -0.39 is 0 Å². The summed E-state index contributed by atoms with van der Waals surface area (Å²) in [6, 6.07) is 0. The highest BCUT2D eigenvalue weighted by Gasteiger charge is 2.58. The summed E-state index contributed by atoms with van der Waals surface area (Å²) in [5.74, 6) is 0. The highest BCUT2D eigenvalue weighted by molar-refractivity contribution is 5.36. The molecule has 0 saturated heterocycles. The predicted octanol–water partition coefficient (Wildman–Crippen LogP) is 5.98. The molecule has 0 unspecified atom stereocenters. The molecule has 0 radical (unpaired) electrons. The van der Waals surface area contributed by atoms with Gasteiger partial charge in [-0.25, -0.2) is 0 Å². The van der Waals surface area contributed by atoms with Crippen molar-refractivity contribution in [3.63, 3.8) is 0 Å². The van der Waals surface area contributed by atoms with Gasteiger partial charge in [0.1, 0.15) is 0 Å². The van der Waals surface area contributed by atoms with Gasteiger partial charge < -0.3 is 0 Å². The standard InChI is InChI=1S/C18H32/c1-13-14(2)18(16(6,7)8)11-9-17(13,10-12-18)15(3,4)5/h9-12H2,1-8H3. The van der Waals surface area contributed by atoms with Crippen molar-refractivity contribution < 1.29 is 0 Å². The maximum atomic E-state index is 2.44. The second-order valence-corrected chi connectivity index (χ2v) is 8.91. The fourth-order valence-electron chi connectivity index (χ4n) is 5.20. The van der Waals surface area contributed by atoms with Gasteiger partial charge in [0, 0.05) is 0 Å². The Morgan fingerprint density at radius 2 is 0.833 bits per heavy atom. The van der Waals surface area contributed by atoms with Crippen molar-refractivity contribution in [2.45, 2.75) is 81.1 Å². The van der Waals surface area contributed by atoms with Gasteiger partial charge >= 0.3 is 0 Å². The van der Waals surface area contributed by atoms with Crippen molar-refractivity contribution in [1.29, 1.82) is 0 Å². The average Bonchev–Trinajstić information content (AvgIpc) is 2.22. The molecule has 0 aromatic rings. The Hall–Kier alpha value is -0.260. The zero-order valence-corrected chi connectivity index (χ0v) is 13.8.